The highest BCUT2D eigenvalue weighted by Gasteiger charge is 2.14. The smallest absolute Gasteiger partial charge is 0.258 e. The number of amides is 1. The van der Waals surface area contributed by atoms with Crippen molar-refractivity contribution in [1.29, 1.82) is 0 Å². The van der Waals surface area contributed by atoms with Gasteiger partial charge in [-0.3, -0.25) is 4.79 Å². The molecule has 0 saturated carbocycles. The Morgan fingerprint density at radius 1 is 1.09 bits per heavy atom. The number of carbonyl (C=O) groups excluding carboxylic acids is 1. The molecule has 0 unspecified atom stereocenters. The molecule has 0 fully saturated rings. The van der Waals surface area contributed by atoms with Crippen molar-refractivity contribution < 1.29 is 13.6 Å². The van der Waals surface area contributed by atoms with E-state index in [2.05, 4.69) is 21.2 Å². The topological polar surface area (TPSA) is 42.2 Å². The Labute approximate surface area is 134 Å². The monoisotopic (exact) mass is 359 g/mol. The van der Waals surface area contributed by atoms with E-state index in [1.807, 2.05) is 0 Å². The summed E-state index contributed by atoms with van der Waals surface area (Å²) >= 11 is 3.36. The maximum Gasteiger partial charge on any atom is 0.258 e. The highest BCUT2D eigenvalue weighted by molar-refractivity contribution is 9.10. The molecule has 1 aromatic heterocycles. The van der Waals surface area contributed by atoms with Crippen LogP contribution < -0.4 is 5.32 Å². The van der Waals surface area contributed by atoms with Crippen molar-refractivity contribution in [1.82, 2.24) is 0 Å². The van der Waals surface area contributed by atoms with Gasteiger partial charge < -0.3 is 9.73 Å². The summed E-state index contributed by atoms with van der Waals surface area (Å²) in [6.07, 6.45) is 2.78. The molecule has 0 aliphatic rings. The molecule has 5 heteroatoms. The van der Waals surface area contributed by atoms with E-state index in [9.17, 15) is 9.18 Å². The lowest BCUT2D eigenvalue weighted by Gasteiger charge is -2.12. The minimum atomic E-state index is -0.344. The molecular weight excluding hydrogens is 349 g/mol. The molecule has 3 rings (SSSR count). The van der Waals surface area contributed by atoms with Crippen molar-refractivity contribution in [3.8, 4) is 11.1 Å². The van der Waals surface area contributed by atoms with Crippen LogP contribution in [0.25, 0.3) is 11.1 Å². The number of hydrogen-bond donors (Lipinski definition) is 1. The zero-order chi connectivity index (χ0) is 15.5. The maximum absolute atomic E-state index is 14.0. The average molecular weight is 360 g/mol. The van der Waals surface area contributed by atoms with Crippen LogP contribution in [0.5, 0.6) is 0 Å². The van der Waals surface area contributed by atoms with Gasteiger partial charge in [0.15, 0.2) is 0 Å². The molecule has 0 bridgehead atoms. The van der Waals surface area contributed by atoms with Crippen molar-refractivity contribution in [3.63, 3.8) is 0 Å². The lowest BCUT2D eigenvalue weighted by molar-refractivity contribution is 0.102. The molecule has 3 nitrogen and oxygen atoms in total. The second kappa shape index (κ2) is 6.15. The van der Waals surface area contributed by atoms with Crippen LogP contribution in [0.1, 0.15) is 10.4 Å². The number of benzene rings is 2. The third-order valence-electron chi connectivity index (χ3n) is 3.18. The van der Waals surface area contributed by atoms with Gasteiger partial charge in [0, 0.05) is 15.6 Å². The molecule has 1 heterocycles. The van der Waals surface area contributed by atoms with Gasteiger partial charge in [-0.2, -0.15) is 0 Å². The Kier molecular flexibility index (Phi) is 4.06. The average Bonchev–Trinajstić information content (AvgIpc) is 3.03. The summed E-state index contributed by atoms with van der Waals surface area (Å²) in [4.78, 5) is 12.2. The number of hydrogen-bond acceptors (Lipinski definition) is 2. The van der Waals surface area contributed by atoms with E-state index >= 15 is 0 Å². The fraction of sp³-hybridized carbons (Fsp3) is 0. The van der Waals surface area contributed by atoms with E-state index in [0.717, 1.165) is 4.47 Å². The van der Waals surface area contributed by atoms with Crippen LogP contribution in [0.15, 0.2) is 69.9 Å². The molecule has 2 aromatic carbocycles. The summed E-state index contributed by atoms with van der Waals surface area (Å²) in [5, 5.41) is 2.78. The summed E-state index contributed by atoms with van der Waals surface area (Å²) < 4.78 is 19.7. The Balaban J connectivity index is 2.02. The van der Waals surface area contributed by atoms with Gasteiger partial charge in [0.1, 0.15) is 12.1 Å². The van der Waals surface area contributed by atoms with Gasteiger partial charge in [-0.05, 0) is 24.3 Å². The van der Waals surface area contributed by atoms with Gasteiger partial charge in [-0.1, -0.05) is 40.2 Å². The van der Waals surface area contributed by atoms with Crippen molar-refractivity contribution in [2.45, 2.75) is 0 Å². The fourth-order valence-corrected chi connectivity index (χ4v) is 2.48. The Hall–Kier alpha value is -2.40. The molecule has 0 aliphatic carbocycles. The molecule has 0 aliphatic heterocycles. The standard InChI is InChI=1S/C17H11BrFNO2/c18-12-5-6-14(13-3-1-2-4-15(13)19)16(9-12)20-17(21)11-7-8-22-10-11/h1-10H,(H,20,21). The van der Waals surface area contributed by atoms with Crippen molar-refractivity contribution in [2.75, 3.05) is 5.32 Å². The predicted octanol–water partition coefficient (Wildman–Crippen LogP) is 5.10. The van der Waals surface area contributed by atoms with E-state index in [4.69, 9.17) is 4.42 Å². The zero-order valence-electron chi connectivity index (χ0n) is 11.3. The SMILES string of the molecule is O=C(Nc1cc(Br)ccc1-c1ccccc1F)c1ccoc1. The molecule has 1 N–H and O–H groups in total. The number of nitrogens with one attached hydrogen (secondary N) is 1. The van der Waals surface area contributed by atoms with E-state index in [0.29, 0.717) is 22.4 Å². The van der Waals surface area contributed by atoms with Crippen LogP contribution in [0.2, 0.25) is 0 Å². The van der Waals surface area contributed by atoms with Crippen molar-refractivity contribution >= 4 is 27.5 Å². The number of carbonyl (C=O) groups is 1. The van der Waals surface area contributed by atoms with Crippen LogP contribution in [-0.2, 0) is 0 Å². The first-order valence-corrected chi connectivity index (χ1v) is 7.32. The van der Waals surface area contributed by atoms with E-state index in [1.54, 1.807) is 42.5 Å². The molecule has 1 amide bonds. The van der Waals surface area contributed by atoms with Gasteiger partial charge in [0.05, 0.1) is 17.5 Å². The Morgan fingerprint density at radius 2 is 1.91 bits per heavy atom. The first-order chi connectivity index (χ1) is 10.6. The molecular formula is C17H11BrFNO2. The summed E-state index contributed by atoms with van der Waals surface area (Å²) in [7, 11) is 0. The number of halogens is 2. The number of rotatable bonds is 3. The quantitative estimate of drug-likeness (QED) is 0.706. The zero-order valence-corrected chi connectivity index (χ0v) is 12.9. The molecule has 3 aromatic rings. The van der Waals surface area contributed by atoms with Gasteiger partial charge in [0.2, 0.25) is 0 Å². The number of furan rings is 1. The highest BCUT2D eigenvalue weighted by atomic mass is 79.9. The lowest BCUT2D eigenvalue weighted by Crippen LogP contribution is -2.11. The first-order valence-electron chi connectivity index (χ1n) is 6.53. The maximum atomic E-state index is 14.0. The minimum absolute atomic E-state index is 0.315. The van der Waals surface area contributed by atoms with E-state index in [1.165, 1.54) is 18.6 Å². The predicted molar refractivity (Wildman–Crippen MR) is 86.2 cm³/mol. The van der Waals surface area contributed by atoms with E-state index < -0.39 is 0 Å². The Bertz CT molecular complexity index is 815. The molecule has 0 saturated heterocycles. The van der Waals surface area contributed by atoms with Crippen LogP contribution >= 0.6 is 15.9 Å². The normalized spacial score (nSPS) is 10.5. The van der Waals surface area contributed by atoms with Crippen molar-refractivity contribution in [3.05, 3.63) is 76.9 Å². The van der Waals surface area contributed by atoms with E-state index in [-0.39, 0.29) is 11.7 Å². The molecule has 110 valence electrons. The van der Waals surface area contributed by atoms with Crippen LogP contribution in [0.3, 0.4) is 0 Å². The molecule has 0 spiro atoms. The van der Waals surface area contributed by atoms with Crippen LogP contribution in [0.4, 0.5) is 10.1 Å². The van der Waals surface area contributed by atoms with Crippen LogP contribution in [0, 0.1) is 5.82 Å². The third-order valence-corrected chi connectivity index (χ3v) is 3.67. The summed E-state index contributed by atoms with van der Waals surface area (Å²) in [6.45, 7) is 0. The molecule has 0 atom stereocenters. The summed E-state index contributed by atoms with van der Waals surface area (Å²) in [5.41, 5.74) is 1.96. The second-order valence-electron chi connectivity index (χ2n) is 4.64. The summed E-state index contributed by atoms with van der Waals surface area (Å²) in [6, 6.07) is 13.3. The van der Waals surface area contributed by atoms with Crippen LogP contribution in [-0.4, -0.2) is 5.91 Å². The molecule has 0 radical (unpaired) electrons. The van der Waals surface area contributed by atoms with Gasteiger partial charge in [-0.25, -0.2) is 4.39 Å². The fourth-order valence-electron chi connectivity index (χ4n) is 2.12. The highest BCUT2D eigenvalue weighted by Crippen LogP contribution is 2.32. The lowest BCUT2D eigenvalue weighted by atomic mass is 10.0. The minimum Gasteiger partial charge on any atom is -0.472 e. The van der Waals surface area contributed by atoms with Crippen molar-refractivity contribution in [2.24, 2.45) is 0 Å². The first kappa shape index (κ1) is 14.5. The number of anilines is 1. The Morgan fingerprint density at radius 3 is 2.64 bits per heavy atom. The van der Waals surface area contributed by atoms with Gasteiger partial charge in [0.25, 0.3) is 5.91 Å². The second-order valence-corrected chi connectivity index (χ2v) is 5.55. The molecule has 22 heavy (non-hydrogen) atoms. The van der Waals surface area contributed by atoms with Gasteiger partial charge in [-0.15, -0.1) is 0 Å². The third kappa shape index (κ3) is 2.94. The largest absolute Gasteiger partial charge is 0.472 e. The summed E-state index contributed by atoms with van der Waals surface area (Å²) in [5.74, 6) is -0.659. The van der Waals surface area contributed by atoms with Gasteiger partial charge >= 0.3 is 0 Å².